The Morgan fingerprint density at radius 2 is 2.00 bits per heavy atom. The molecular formula is C15H26N2O2. The third kappa shape index (κ3) is 2.95. The van der Waals surface area contributed by atoms with E-state index in [0.717, 1.165) is 44.4 Å². The summed E-state index contributed by atoms with van der Waals surface area (Å²) in [4.78, 5) is 12.1. The quantitative estimate of drug-likeness (QED) is 0.806. The molecule has 4 heteroatoms. The Labute approximate surface area is 115 Å². The summed E-state index contributed by atoms with van der Waals surface area (Å²) in [5, 5.41) is 3.10. The summed E-state index contributed by atoms with van der Waals surface area (Å²) < 4.78 is 5.32. The van der Waals surface area contributed by atoms with Crippen molar-refractivity contribution in [1.29, 1.82) is 0 Å². The molecule has 0 aromatic rings. The van der Waals surface area contributed by atoms with E-state index in [1.54, 1.807) is 0 Å². The summed E-state index contributed by atoms with van der Waals surface area (Å²) >= 11 is 0. The average Bonchev–Trinajstić information content (AvgIpc) is 3.07. The predicted molar refractivity (Wildman–Crippen MR) is 73.5 cm³/mol. The number of ether oxygens (including phenoxy) is 1. The minimum Gasteiger partial charge on any atom is -0.381 e. The van der Waals surface area contributed by atoms with E-state index in [4.69, 9.17) is 10.5 Å². The predicted octanol–water partition coefficient (Wildman–Crippen LogP) is 1.29. The summed E-state index contributed by atoms with van der Waals surface area (Å²) in [5.74, 6) is 2.87. The van der Waals surface area contributed by atoms with Crippen LogP contribution in [0, 0.1) is 23.7 Å². The first-order valence-electron chi connectivity index (χ1n) is 7.85. The van der Waals surface area contributed by atoms with E-state index in [9.17, 15) is 4.79 Å². The van der Waals surface area contributed by atoms with Gasteiger partial charge >= 0.3 is 0 Å². The third-order valence-corrected chi connectivity index (χ3v) is 5.50. The molecular weight excluding hydrogens is 240 g/mol. The number of carbonyl (C=O) groups excluding carboxylic acids is 1. The summed E-state index contributed by atoms with van der Waals surface area (Å²) in [6, 6.07) is -0.345. The second-order valence-corrected chi connectivity index (χ2v) is 6.66. The molecule has 3 rings (SSSR count). The molecule has 0 aromatic carbocycles. The van der Waals surface area contributed by atoms with E-state index in [2.05, 4.69) is 5.32 Å². The second-order valence-electron chi connectivity index (χ2n) is 6.66. The van der Waals surface area contributed by atoms with Gasteiger partial charge in [-0.3, -0.25) is 4.79 Å². The minimum atomic E-state index is -0.345. The van der Waals surface area contributed by atoms with Crippen molar-refractivity contribution in [3.05, 3.63) is 0 Å². The third-order valence-electron chi connectivity index (χ3n) is 5.50. The van der Waals surface area contributed by atoms with Gasteiger partial charge in [-0.2, -0.15) is 0 Å². The van der Waals surface area contributed by atoms with Gasteiger partial charge in [0.05, 0.1) is 6.04 Å². The van der Waals surface area contributed by atoms with Crippen LogP contribution >= 0.6 is 0 Å². The van der Waals surface area contributed by atoms with Gasteiger partial charge in [0.1, 0.15) is 0 Å². The number of hydrogen-bond acceptors (Lipinski definition) is 3. The van der Waals surface area contributed by atoms with Gasteiger partial charge in [-0.1, -0.05) is 6.42 Å². The van der Waals surface area contributed by atoms with Crippen molar-refractivity contribution >= 4 is 5.91 Å². The van der Waals surface area contributed by atoms with Crippen molar-refractivity contribution in [2.24, 2.45) is 29.4 Å². The molecule has 3 N–H and O–H groups in total. The summed E-state index contributed by atoms with van der Waals surface area (Å²) in [6.45, 7) is 2.34. The highest BCUT2D eigenvalue weighted by Crippen LogP contribution is 2.47. The van der Waals surface area contributed by atoms with Gasteiger partial charge in [0.25, 0.3) is 0 Å². The zero-order valence-electron chi connectivity index (χ0n) is 11.6. The molecule has 19 heavy (non-hydrogen) atoms. The van der Waals surface area contributed by atoms with Crippen LogP contribution in [0.1, 0.15) is 38.5 Å². The number of rotatable bonds is 4. The molecule has 0 radical (unpaired) electrons. The lowest BCUT2D eigenvalue weighted by Crippen LogP contribution is -2.48. The van der Waals surface area contributed by atoms with Gasteiger partial charge in [0.2, 0.25) is 5.91 Å². The largest absolute Gasteiger partial charge is 0.381 e. The maximum atomic E-state index is 12.1. The Kier molecular flexibility index (Phi) is 4.08. The molecule has 1 amide bonds. The van der Waals surface area contributed by atoms with Crippen LogP contribution in [0.4, 0.5) is 0 Å². The molecule has 1 aliphatic heterocycles. The van der Waals surface area contributed by atoms with Crippen molar-refractivity contribution in [1.82, 2.24) is 5.32 Å². The smallest absolute Gasteiger partial charge is 0.237 e. The lowest BCUT2D eigenvalue weighted by Gasteiger charge is -2.28. The number of fused-ring (bicyclic) bond motifs is 2. The SMILES string of the molecule is NC(C(=O)NCC1CC2CCC1C2)C1CCOCC1. The minimum absolute atomic E-state index is 0.0506. The standard InChI is InChI=1S/C15H26N2O2/c16-14(11-3-5-19-6-4-11)15(18)17-9-13-8-10-1-2-12(13)7-10/h10-14H,1-9,16H2,(H,17,18). The van der Waals surface area contributed by atoms with Gasteiger partial charge in [-0.05, 0) is 55.8 Å². The van der Waals surface area contributed by atoms with Crippen LogP contribution in [0.2, 0.25) is 0 Å². The molecule has 0 aromatic heterocycles. The highest BCUT2D eigenvalue weighted by molar-refractivity contribution is 5.81. The van der Waals surface area contributed by atoms with E-state index in [1.165, 1.54) is 25.7 Å². The van der Waals surface area contributed by atoms with E-state index < -0.39 is 0 Å². The number of amides is 1. The monoisotopic (exact) mass is 266 g/mol. The molecule has 2 bridgehead atoms. The Bertz CT molecular complexity index is 328. The van der Waals surface area contributed by atoms with Crippen molar-refractivity contribution in [3.63, 3.8) is 0 Å². The van der Waals surface area contributed by atoms with Crippen molar-refractivity contribution in [2.75, 3.05) is 19.8 Å². The zero-order valence-corrected chi connectivity index (χ0v) is 11.6. The molecule has 0 spiro atoms. The highest BCUT2D eigenvalue weighted by Gasteiger charge is 2.39. The fraction of sp³-hybridized carbons (Fsp3) is 0.933. The van der Waals surface area contributed by atoms with Crippen molar-refractivity contribution < 1.29 is 9.53 Å². The highest BCUT2D eigenvalue weighted by atomic mass is 16.5. The van der Waals surface area contributed by atoms with Crippen LogP contribution in [0.5, 0.6) is 0 Å². The molecule has 108 valence electrons. The van der Waals surface area contributed by atoms with Crippen LogP contribution < -0.4 is 11.1 Å². The average molecular weight is 266 g/mol. The molecule has 2 saturated carbocycles. The fourth-order valence-electron chi connectivity index (χ4n) is 4.27. The van der Waals surface area contributed by atoms with Crippen LogP contribution in [-0.4, -0.2) is 31.7 Å². The number of hydrogen-bond donors (Lipinski definition) is 2. The normalized spacial score (nSPS) is 36.4. The topological polar surface area (TPSA) is 64.4 Å². The molecule has 4 atom stereocenters. The van der Waals surface area contributed by atoms with Crippen molar-refractivity contribution in [3.8, 4) is 0 Å². The van der Waals surface area contributed by atoms with Crippen molar-refractivity contribution in [2.45, 2.75) is 44.6 Å². The van der Waals surface area contributed by atoms with E-state index in [0.29, 0.717) is 11.8 Å². The fourth-order valence-corrected chi connectivity index (χ4v) is 4.27. The van der Waals surface area contributed by atoms with E-state index in [1.807, 2.05) is 0 Å². The number of carbonyl (C=O) groups is 1. The van der Waals surface area contributed by atoms with Gasteiger partial charge in [0, 0.05) is 19.8 Å². The molecule has 2 aliphatic carbocycles. The van der Waals surface area contributed by atoms with E-state index in [-0.39, 0.29) is 11.9 Å². The molecule has 1 heterocycles. The Morgan fingerprint density at radius 3 is 2.63 bits per heavy atom. The first kappa shape index (κ1) is 13.4. The van der Waals surface area contributed by atoms with Crippen LogP contribution in [0.15, 0.2) is 0 Å². The van der Waals surface area contributed by atoms with Gasteiger partial charge in [-0.25, -0.2) is 0 Å². The van der Waals surface area contributed by atoms with Gasteiger partial charge < -0.3 is 15.8 Å². The summed E-state index contributed by atoms with van der Waals surface area (Å²) in [6.07, 6.45) is 7.34. The molecule has 1 saturated heterocycles. The van der Waals surface area contributed by atoms with Crippen LogP contribution in [0.25, 0.3) is 0 Å². The van der Waals surface area contributed by atoms with Gasteiger partial charge in [0.15, 0.2) is 0 Å². The second kappa shape index (κ2) is 5.80. The first-order valence-corrected chi connectivity index (χ1v) is 7.85. The Morgan fingerprint density at radius 1 is 1.21 bits per heavy atom. The van der Waals surface area contributed by atoms with Crippen LogP contribution in [0.3, 0.4) is 0 Å². The zero-order chi connectivity index (χ0) is 13.2. The van der Waals surface area contributed by atoms with Gasteiger partial charge in [-0.15, -0.1) is 0 Å². The number of nitrogens with one attached hydrogen (secondary N) is 1. The molecule has 4 unspecified atom stereocenters. The summed E-state index contributed by atoms with van der Waals surface area (Å²) in [5.41, 5.74) is 6.09. The van der Waals surface area contributed by atoms with Crippen LogP contribution in [-0.2, 0) is 9.53 Å². The molecule has 4 nitrogen and oxygen atoms in total. The molecule has 3 aliphatic rings. The lowest BCUT2D eigenvalue weighted by atomic mass is 9.88. The summed E-state index contributed by atoms with van der Waals surface area (Å²) in [7, 11) is 0. The Balaban J connectivity index is 1.43. The number of nitrogens with two attached hydrogens (primary N) is 1. The first-order chi connectivity index (χ1) is 9.24. The lowest BCUT2D eigenvalue weighted by molar-refractivity contribution is -0.124. The molecule has 3 fully saturated rings. The van der Waals surface area contributed by atoms with E-state index >= 15 is 0 Å². The maximum Gasteiger partial charge on any atom is 0.237 e. The Hall–Kier alpha value is -0.610. The maximum absolute atomic E-state index is 12.1.